The van der Waals surface area contributed by atoms with E-state index in [9.17, 15) is 31.1 Å². The van der Waals surface area contributed by atoms with Crippen LogP contribution in [0.3, 0.4) is 0 Å². The van der Waals surface area contributed by atoms with Crippen molar-refractivity contribution in [3.63, 3.8) is 0 Å². The van der Waals surface area contributed by atoms with Crippen LogP contribution in [0.15, 0.2) is 11.7 Å². The molecule has 0 aromatic heterocycles. The molecule has 15 heavy (non-hydrogen) atoms. The van der Waals surface area contributed by atoms with Gasteiger partial charge in [0.05, 0.1) is 0 Å². The standard InChI is InChI=1S/C7H6F6O2/c1-6(2,10)15-5(14)3(4(8)9)7(11,12)13/h1-2H3. The maximum Gasteiger partial charge on any atom is 0.428 e. The van der Waals surface area contributed by atoms with Gasteiger partial charge in [0.1, 0.15) is 0 Å². The van der Waals surface area contributed by atoms with Gasteiger partial charge >= 0.3 is 12.1 Å². The zero-order valence-electron chi connectivity index (χ0n) is 7.58. The fourth-order valence-corrected chi connectivity index (χ4v) is 0.571. The van der Waals surface area contributed by atoms with E-state index in [0.717, 1.165) is 0 Å². The van der Waals surface area contributed by atoms with Crippen molar-refractivity contribution in [2.75, 3.05) is 0 Å². The highest BCUT2D eigenvalue weighted by molar-refractivity contribution is 5.90. The molecule has 0 atom stereocenters. The van der Waals surface area contributed by atoms with Gasteiger partial charge in [-0.25, -0.2) is 4.79 Å². The third-order valence-corrected chi connectivity index (χ3v) is 1.01. The van der Waals surface area contributed by atoms with Crippen molar-refractivity contribution >= 4 is 5.97 Å². The minimum atomic E-state index is -5.58. The molecular formula is C7H6F6O2. The molecule has 0 aromatic carbocycles. The molecule has 0 bridgehead atoms. The number of esters is 1. The van der Waals surface area contributed by atoms with Gasteiger partial charge in [0, 0.05) is 13.8 Å². The van der Waals surface area contributed by atoms with Gasteiger partial charge in [-0.2, -0.15) is 26.3 Å². The second-order valence-corrected chi connectivity index (χ2v) is 2.89. The average Bonchev–Trinajstić information content (AvgIpc) is 1.74. The first-order chi connectivity index (χ1) is 6.45. The van der Waals surface area contributed by atoms with E-state index in [2.05, 4.69) is 4.74 Å². The Kier molecular flexibility index (Phi) is 3.78. The summed E-state index contributed by atoms with van der Waals surface area (Å²) >= 11 is 0. The topological polar surface area (TPSA) is 26.3 Å². The second-order valence-electron chi connectivity index (χ2n) is 2.89. The molecule has 0 N–H and O–H groups in total. The number of hydrogen-bond acceptors (Lipinski definition) is 2. The smallest absolute Gasteiger partial charge is 0.425 e. The summed E-state index contributed by atoms with van der Waals surface area (Å²) in [5, 5.41) is 0. The first-order valence-corrected chi connectivity index (χ1v) is 3.50. The quantitative estimate of drug-likeness (QED) is 0.418. The second kappa shape index (κ2) is 4.11. The van der Waals surface area contributed by atoms with E-state index in [4.69, 9.17) is 0 Å². The van der Waals surface area contributed by atoms with Crippen molar-refractivity contribution in [1.82, 2.24) is 0 Å². The average molecular weight is 236 g/mol. The van der Waals surface area contributed by atoms with Crippen molar-refractivity contribution in [1.29, 1.82) is 0 Å². The highest BCUT2D eigenvalue weighted by atomic mass is 19.4. The van der Waals surface area contributed by atoms with Crippen LogP contribution in [0.4, 0.5) is 26.3 Å². The van der Waals surface area contributed by atoms with Gasteiger partial charge in [0.25, 0.3) is 6.08 Å². The molecule has 0 aromatic rings. The van der Waals surface area contributed by atoms with Gasteiger partial charge in [0.2, 0.25) is 11.4 Å². The van der Waals surface area contributed by atoms with Gasteiger partial charge in [-0.05, 0) is 0 Å². The Hall–Kier alpha value is -1.21. The highest BCUT2D eigenvalue weighted by Crippen LogP contribution is 2.31. The predicted molar refractivity (Wildman–Crippen MR) is 36.6 cm³/mol. The van der Waals surface area contributed by atoms with Crippen LogP contribution in [0.1, 0.15) is 13.8 Å². The maximum atomic E-state index is 12.6. The van der Waals surface area contributed by atoms with E-state index in [0.29, 0.717) is 13.8 Å². The van der Waals surface area contributed by atoms with Crippen LogP contribution in [-0.4, -0.2) is 18.0 Å². The molecule has 88 valence electrons. The number of ether oxygens (including phenoxy) is 1. The molecule has 0 spiro atoms. The summed E-state index contributed by atoms with van der Waals surface area (Å²) in [6, 6.07) is 0. The molecule has 0 aliphatic rings. The van der Waals surface area contributed by atoms with Gasteiger partial charge in [-0.3, -0.25) is 0 Å². The monoisotopic (exact) mass is 236 g/mol. The summed E-state index contributed by atoms with van der Waals surface area (Å²) in [5.41, 5.74) is -2.80. The van der Waals surface area contributed by atoms with Gasteiger partial charge in [0.15, 0.2) is 0 Å². The molecule has 8 heteroatoms. The van der Waals surface area contributed by atoms with E-state index in [-0.39, 0.29) is 0 Å². The molecule has 0 aliphatic carbocycles. The Morgan fingerprint density at radius 1 is 1.07 bits per heavy atom. The molecule has 0 radical (unpaired) electrons. The maximum absolute atomic E-state index is 12.6. The first-order valence-electron chi connectivity index (χ1n) is 3.50. The third-order valence-electron chi connectivity index (χ3n) is 1.01. The largest absolute Gasteiger partial charge is 0.428 e. The summed E-state index contributed by atoms with van der Waals surface area (Å²) in [7, 11) is 0. The van der Waals surface area contributed by atoms with Gasteiger partial charge < -0.3 is 4.74 Å². The summed E-state index contributed by atoms with van der Waals surface area (Å²) in [4.78, 5) is 10.5. The van der Waals surface area contributed by atoms with Crippen molar-refractivity contribution in [2.45, 2.75) is 25.9 Å². The number of carbonyl (C=O) groups is 1. The van der Waals surface area contributed by atoms with E-state index in [1.807, 2.05) is 0 Å². The molecule has 0 amide bonds. The lowest BCUT2D eigenvalue weighted by Crippen LogP contribution is -2.29. The molecule has 0 fully saturated rings. The minimum absolute atomic E-state index is 0.606. The van der Waals surface area contributed by atoms with E-state index in [1.165, 1.54) is 0 Å². The van der Waals surface area contributed by atoms with Crippen molar-refractivity contribution in [2.24, 2.45) is 0 Å². The van der Waals surface area contributed by atoms with Crippen LogP contribution >= 0.6 is 0 Å². The zero-order chi connectivity index (χ0) is 12.4. The number of alkyl halides is 4. The van der Waals surface area contributed by atoms with E-state index < -0.39 is 29.7 Å². The molecular weight excluding hydrogens is 230 g/mol. The van der Waals surface area contributed by atoms with Crippen LogP contribution in [0, 0.1) is 0 Å². The number of carbonyl (C=O) groups excluding carboxylic acids is 1. The summed E-state index contributed by atoms with van der Waals surface area (Å²) in [5.74, 6) is -5.21. The fourth-order valence-electron chi connectivity index (χ4n) is 0.571. The Morgan fingerprint density at radius 3 is 1.67 bits per heavy atom. The third kappa shape index (κ3) is 4.71. The Bertz CT molecular complexity index is 281. The highest BCUT2D eigenvalue weighted by Gasteiger charge is 2.45. The SMILES string of the molecule is CC(C)(F)OC(=O)C(=C(F)F)C(F)(F)F. The molecule has 2 nitrogen and oxygen atoms in total. The summed E-state index contributed by atoms with van der Waals surface area (Å²) in [6.45, 7) is 1.21. The predicted octanol–water partition coefficient (Wildman–Crippen LogP) is 2.95. The minimum Gasteiger partial charge on any atom is -0.425 e. The lowest BCUT2D eigenvalue weighted by Gasteiger charge is -2.17. The van der Waals surface area contributed by atoms with Gasteiger partial charge in [-0.1, -0.05) is 0 Å². The number of rotatable bonds is 2. The van der Waals surface area contributed by atoms with Crippen molar-refractivity contribution < 1.29 is 35.9 Å². The molecule has 0 unspecified atom stereocenters. The fraction of sp³-hybridized carbons (Fsp3) is 0.571. The van der Waals surface area contributed by atoms with Crippen LogP contribution < -0.4 is 0 Å². The lowest BCUT2D eigenvalue weighted by atomic mass is 10.3. The Balaban J connectivity index is 5.02. The Labute approximate surface area is 80.5 Å². The van der Waals surface area contributed by atoms with Crippen LogP contribution in [0.2, 0.25) is 0 Å². The van der Waals surface area contributed by atoms with Crippen LogP contribution in [0.5, 0.6) is 0 Å². The van der Waals surface area contributed by atoms with Crippen LogP contribution in [-0.2, 0) is 9.53 Å². The van der Waals surface area contributed by atoms with Crippen molar-refractivity contribution in [3.8, 4) is 0 Å². The van der Waals surface area contributed by atoms with E-state index in [1.54, 1.807) is 0 Å². The summed E-state index contributed by atoms with van der Waals surface area (Å²) in [6.07, 6.45) is -8.85. The normalized spacial score (nSPS) is 12.3. The van der Waals surface area contributed by atoms with Gasteiger partial charge in [-0.15, -0.1) is 0 Å². The van der Waals surface area contributed by atoms with E-state index >= 15 is 0 Å². The van der Waals surface area contributed by atoms with Crippen molar-refractivity contribution in [3.05, 3.63) is 11.7 Å². The number of hydrogen-bond donors (Lipinski definition) is 0. The molecule has 0 aliphatic heterocycles. The molecule has 0 heterocycles. The molecule has 0 saturated carbocycles. The first kappa shape index (κ1) is 13.8. The summed E-state index contributed by atoms with van der Waals surface area (Å²) < 4.78 is 75.1. The lowest BCUT2D eigenvalue weighted by molar-refractivity contribution is -0.178. The molecule has 0 saturated heterocycles. The number of halogens is 6. The zero-order valence-corrected chi connectivity index (χ0v) is 7.58. The Morgan fingerprint density at radius 2 is 1.47 bits per heavy atom. The van der Waals surface area contributed by atoms with Crippen LogP contribution in [0.25, 0.3) is 0 Å². The molecule has 0 rings (SSSR count).